The topological polar surface area (TPSA) is 59.2 Å². The van der Waals surface area contributed by atoms with E-state index in [2.05, 4.69) is 4.98 Å². The van der Waals surface area contributed by atoms with Crippen LogP contribution in [0.4, 0.5) is 0 Å². The number of aromatic nitrogens is 1. The molecule has 0 saturated heterocycles. The van der Waals surface area contributed by atoms with Crippen molar-refractivity contribution in [2.45, 2.75) is 31.7 Å². The van der Waals surface area contributed by atoms with E-state index in [0.717, 1.165) is 23.7 Å². The highest BCUT2D eigenvalue weighted by molar-refractivity contribution is 6.05. The van der Waals surface area contributed by atoms with Crippen molar-refractivity contribution >= 4 is 16.8 Å². The van der Waals surface area contributed by atoms with E-state index in [4.69, 9.17) is 5.73 Å². The monoisotopic (exact) mass is 283 g/mol. The van der Waals surface area contributed by atoms with E-state index in [9.17, 15) is 4.79 Å². The number of hydrogen-bond acceptors (Lipinski definition) is 3. The van der Waals surface area contributed by atoms with Crippen LogP contribution in [-0.4, -0.2) is 34.9 Å². The summed E-state index contributed by atoms with van der Waals surface area (Å²) in [6.45, 7) is 1.12. The van der Waals surface area contributed by atoms with Gasteiger partial charge in [0.2, 0.25) is 0 Å². The Bertz CT molecular complexity index is 629. The lowest BCUT2D eigenvalue weighted by atomic mass is 10.1. The summed E-state index contributed by atoms with van der Waals surface area (Å²) in [7, 11) is 0. The first-order chi connectivity index (χ1) is 10.3. The van der Waals surface area contributed by atoms with Crippen LogP contribution in [0.15, 0.2) is 36.5 Å². The van der Waals surface area contributed by atoms with Gasteiger partial charge in [0.25, 0.3) is 5.91 Å². The molecular formula is C17H21N3O. The highest BCUT2D eigenvalue weighted by Crippen LogP contribution is 2.26. The highest BCUT2D eigenvalue weighted by atomic mass is 16.2. The van der Waals surface area contributed by atoms with Crippen LogP contribution in [0.5, 0.6) is 0 Å². The summed E-state index contributed by atoms with van der Waals surface area (Å²) < 4.78 is 0. The summed E-state index contributed by atoms with van der Waals surface area (Å²) >= 11 is 0. The minimum Gasteiger partial charge on any atom is -0.334 e. The molecule has 21 heavy (non-hydrogen) atoms. The van der Waals surface area contributed by atoms with Crippen molar-refractivity contribution < 1.29 is 4.79 Å². The Labute approximate surface area is 125 Å². The number of hydrogen-bond donors (Lipinski definition) is 1. The molecule has 0 atom stereocenters. The minimum absolute atomic E-state index is 0.0663. The summed E-state index contributed by atoms with van der Waals surface area (Å²) in [4.78, 5) is 19.3. The van der Waals surface area contributed by atoms with Gasteiger partial charge in [-0.1, -0.05) is 31.0 Å². The molecule has 1 aromatic heterocycles. The molecule has 4 heteroatoms. The Morgan fingerprint density at radius 3 is 2.76 bits per heavy atom. The molecule has 110 valence electrons. The van der Waals surface area contributed by atoms with Crippen LogP contribution in [-0.2, 0) is 0 Å². The molecule has 1 amide bonds. The van der Waals surface area contributed by atoms with Crippen molar-refractivity contribution in [2.24, 2.45) is 5.73 Å². The second-order valence-electron chi connectivity index (χ2n) is 5.61. The van der Waals surface area contributed by atoms with Gasteiger partial charge in [0.1, 0.15) is 0 Å². The molecule has 0 radical (unpaired) electrons. The van der Waals surface area contributed by atoms with Crippen LogP contribution in [0.3, 0.4) is 0 Å². The molecular weight excluding hydrogens is 262 g/mol. The number of amides is 1. The van der Waals surface area contributed by atoms with Crippen molar-refractivity contribution in [3.8, 4) is 0 Å². The van der Waals surface area contributed by atoms with Crippen LogP contribution in [0.1, 0.15) is 36.0 Å². The molecule has 0 unspecified atom stereocenters. The van der Waals surface area contributed by atoms with Gasteiger partial charge in [0, 0.05) is 30.7 Å². The second kappa shape index (κ2) is 6.22. The van der Waals surface area contributed by atoms with Crippen molar-refractivity contribution in [1.29, 1.82) is 0 Å². The maximum absolute atomic E-state index is 13.0. The maximum Gasteiger partial charge on any atom is 0.256 e. The van der Waals surface area contributed by atoms with Crippen LogP contribution in [0.25, 0.3) is 10.9 Å². The van der Waals surface area contributed by atoms with Gasteiger partial charge in [-0.25, -0.2) is 0 Å². The van der Waals surface area contributed by atoms with Crippen molar-refractivity contribution in [3.05, 3.63) is 42.1 Å². The molecule has 0 aliphatic heterocycles. The van der Waals surface area contributed by atoms with Gasteiger partial charge in [0.05, 0.1) is 11.1 Å². The smallest absolute Gasteiger partial charge is 0.256 e. The molecule has 1 aliphatic carbocycles. The number of benzene rings is 1. The summed E-state index contributed by atoms with van der Waals surface area (Å²) in [6.07, 6.45) is 6.31. The molecule has 4 nitrogen and oxygen atoms in total. The first-order valence-electron chi connectivity index (χ1n) is 7.66. The zero-order valence-corrected chi connectivity index (χ0v) is 12.2. The van der Waals surface area contributed by atoms with Crippen molar-refractivity contribution in [3.63, 3.8) is 0 Å². The van der Waals surface area contributed by atoms with E-state index in [-0.39, 0.29) is 5.91 Å². The Kier molecular flexibility index (Phi) is 4.15. The molecule has 1 saturated carbocycles. The van der Waals surface area contributed by atoms with Crippen LogP contribution in [0.2, 0.25) is 0 Å². The standard InChI is InChI=1S/C17H21N3O/c18-10-12-20(14-7-1-2-8-14)17(21)15-9-3-5-13-6-4-11-19-16(13)15/h3-6,9,11,14H,1-2,7-8,10,12,18H2. The Hall–Kier alpha value is -1.94. The summed E-state index contributed by atoms with van der Waals surface area (Å²) in [5.41, 5.74) is 7.19. The fourth-order valence-corrected chi connectivity index (χ4v) is 3.24. The lowest BCUT2D eigenvalue weighted by Crippen LogP contribution is -2.42. The molecule has 0 bridgehead atoms. The first kappa shape index (κ1) is 14.0. The fraction of sp³-hybridized carbons (Fsp3) is 0.412. The third kappa shape index (κ3) is 2.76. The predicted molar refractivity (Wildman–Crippen MR) is 84.1 cm³/mol. The number of fused-ring (bicyclic) bond motifs is 1. The zero-order chi connectivity index (χ0) is 14.7. The highest BCUT2D eigenvalue weighted by Gasteiger charge is 2.27. The average Bonchev–Trinajstić information content (AvgIpc) is 3.05. The fourth-order valence-electron chi connectivity index (χ4n) is 3.24. The van der Waals surface area contributed by atoms with Gasteiger partial charge in [-0.15, -0.1) is 0 Å². The summed E-state index contributed by atoms with van der Waals surface area (Å²) in [5, 5.41) is 1.00. The third-order valence-electron chi connectivity index (χ3n) is 4.26. The van der Waals surface area contributed by atoms with Crippen LogP contribution < -0.4 is 5.73 Å². The number of pyridine rings is 1. The number of para-hydroxylation sites is 1. The molecule has 3 rings (SSSR count). The molecule has 1 aromatic carbocycles. The van der Waals surface area contributed by atoms with Gasteiger partial charge < -0.3 is 10.6 Å². The SMILES string of the molecule is NCCN(C(=O)c1cccc2cccnc12)C1CCCC1. The second-order valence-corrected chi connectivity index (χ2v) is 5.61. The predicted octanol–water partition coefficient (Wildman–Crippen LogP) is 2.58. The van der Waals surface area contributed by atoms with E-state index in [1.807, 2.05) is 35.2 Å². The quantitative estimate of drug-likeness (QED) is 0.938. The molecule has 2 aromatic rings. The van der Waals surface area contributed by atoms with Crippen molar-refractivity contribution in [1.82, 2.24) is 9.88 Å². The largest absolute Gasteiger partial charge is 0.334 e. The molecule has 1 heterocycles. The van der Waals surface area contributed by atoms with Gasteiger partial charge in [0.15, 0.2) is 0 Å². The van der Waals surface area contributed by atoms with Crippen LogP contribution >= 0.6 is 0 Å². The third-order valence-corrected chi connectivity index (χ3v) is 4.26. The lowest BCUT2D eigenvalue weighted by Gasteiger charge is -2.29. The van der Waals surface area contributed by atoms with E-state index < -0.39 is 0 Å². The van der Waals surface area contributed by atoms with E-state index in [1.54, 1.807) is 6.20 Å². The Morgan fingerprint density at radius 1 is 1.24 bits per heavy atom. The molecule has 2 N–H and O–H groups in total. The Morgan fingerprint density at radius 2 is 2.00 bits per heavy atom. The molecule has 1 aliphatic rings. The number of rotatable bonds is 4. The van der Waals surface area contributed by atoms with Gasteiger partial charge >= 0.3 is 0 Å². The van der Waals surface area contributed by atoms with E-state index >= 15 is 0 Å². The molecule has 1 fully saturated rings. The minimum atomic E-state index is 0.0663. The maximum atomic E-state index is 13.0. The van der Waals surface area contributed by atoms with Gasteiger partial charge in [-0.2, -0.15) is 0 Å². The summed E-state index contributed by atoms with van der Waals surface area (Å²) in [5.74, 6) is 0.0663. The van der Waals surface area contributed by atoms with E-state index in [1.165, 1.54) is 12.8 Å². The number of carbonyl (C=O) groups excluding carboxylic acids is 1. The lowest BCUT2D eigenvalue weighted by molar-refractivity contribution is 0.0690. The molecule has 0 spiro atoms. The number of carbonyl (C=O) groups is 1. The normalized spacial score (nSPS) is 15.5. The summed E-state index contributed by atoms with van der Waals surface area (Å²) in [6, 6.07) is 10.00. The van der Waals surface area contributed by atoms with E-state index in [0.29, 0.717) is 24.7 Å². The van der Waals surface area contributed by atoms with Crippen molar-refractivity contribution in [2.75, 3.05) is 13.1 Å². The Balaban J connectivity index is 1.97. The van der Waals surface area contributed by atoms with Gasteiger partial charge in [-0.05, 0) is 25.0 Å². The first-order valence-corrected chi connectivity index (χ1v) is 7.66. The average molecular weight is 283 g/mol. The van der Waals surface area contributed by atoms with Gasteiger partial charge in [-0.3, -0.25) is 9.78 Å². The zero-order valence-electron chi connectivity index (χ0n) is 12.2. The number of nitrogens with two attached hydrogens (primary N) is 1. The van der Waals surface area contributed by atoms with Crippen LogP contribution in [0, 0.1) is 0 Å². The number of nitrogens with zero attached hydrogens (tertiary/aromatic N) is 2.